The second-order valence-electron chi connectivity index (χ2n) is 7.65. The number of halogens is 1. The molecular formula is C19H26ClN3OSi. The Bertz CT molecular complexity index is 820. The number of fused-ring (bicyclic) bond motifs is 1. The van der Waals surface area contributed by atoms with Crippen molar-refractivity contribution in [1.82, 2.24) is 9.78 Å². The number of hydrogen-bond donors (Lipinski definition) is 0. The first-order valence-corrected chi connectivity index (χ1v) is 13.0. The standard InChI is InChI=1S/C19H26ClN3OSi/c1-5-23-18-12-14(20)6-8-16(18)19(22-23)17-9-7-15(21-17)13-24-10-11-25(2,3)4/h6-9,12,15H,5,10-11,13H2,1-4H3. The fourth-order valence-corrected chi connectivity index (χ4v) is 3.78. The molecule has 4 nitrogen and oxygen atoms in total. The minimum Gasteiger partial charge on any atom is -0.379 e. The zero-order valence-electron chi connectivity index (χ0n) is 15.4. The molecule has 6 heteroatoms. The Morgan fingerprint density at radius 1 is 1.28 bits per heavy atom. The number of aliphatic imine (C=N–C) groups is 1. The van der Waals surface area contributed by atoms with E-state index in [-0.39, 0.29) is 6.04 Å². The Balaban J connectivity index is 1.73. The quantitative estimate of drug-likeness (QED) is 0.515. The fourth-order valence-electron chi connectivity index (χ4n) is 2.86. The van der Waals surface area contributed by atoms with E-state index in [1.54, 1.807) is 0 Å². The molecule has 1 aliphatic heterocycles. The summed E-state index contributed by atoms with van der Waals surface area (Å²) in [6.45, 7) is 11.5. The van der Waals surface area contributed by atoms with E-state index in [0.29, 0.717) is 6.61 Å². The van der Waals surface area contributed by atoms with Gasteiger partial charge in [-0.3, -0.25) is 9.67 Å². The van der Waals surface area contributed by atoms with Crippen molar-refractivity contribution in [3.05, 3.63) is 41.1 Å². The van der Waals surface area contributed by atoms with Gasteiger partial charge in [0.25, 0.3) is 0 Å². The highest BCUT2D eigenvalue weighted by Crippen LogP contribution is 2.25. The van der Waals surface area contributed by atoms with Crippen LogP contribution in [0.3, 0.4) is 0 Å². The summed E-state index contributed by atoms with van der Waals surface area (Å²) in [7, 11) is -1.04. The highest BCUT2D eigenvalue weighted by molar-refractivity contribution is 6.76. The van der Waals surface area contributed by atoms with Gasteiger partial charge in [-0.05, 0) is 37.2 Å². The fraction of sp³-hybridized carbons (Fsp3) is 0.474. The molecule has 3 rings (SSSR count). The van der Waals surface area contributed by atoms with Crippen molar-refractivity contribution in [3.63, 3.8) is 0 Å². The summed E-state index contributed by atoms with van der Waals surface area (Å²) in [5.41, 5.74) is 2.91. The SMILES string of the molecule is CCn1nc(C2=NC(COCC[Si](C)(C)C)C=C2)c2ccc(Cl)cc21. The van der Waals surface area contributed by atoms with Gasteiger partial charge in [0.05, 0.1) is 23.9 Å². The lowest BCUT2D eigenvalue weighted by Gasteiger charge is -2.15. The summed E-state index contributed by atoms with van der Waals surface area (Å²) >= 11 is 6.14. The molecule has 2 heterocycles. The van der Waals surface area contributed by atoms with E-state index in [1.807, 2.05) is 22.9 Å². The zero-order chi connectivity index (χ0) is 18.0. The summed E-state index contributed by atoms with van der Waals surface area (Å²) < 4.78 is 7.82. The van der Waals surface area contributed by atoms with Gasteiger partial charge in [0.2, 0.25) is 0 Å². The van der Waals surface area contributed by atoms with E-state index in [1.165, 1.54) is 6.04 Å². The van der Waals surface area contributed by atoms with E-state index in [9.17, 15) is 0 Å². The average Bonchev–Trinajstić information content (AvgIpc) is 3.14. The van der Waals surface area contributed by atoms with E-state index in [4.69, 9.17) is 26.4 Å². The van der Waals surface area contributed by atoms with Crippen molar-refractivity contribution in [2.24, 2.45) is 4.99 Å². The molecule has 2 aromatic rings. The Morgan fingerprint density at radius 2 is 2.08 bits per heavy atom. The lowest BCUT2D eigenvalue weighted by molar-refractivity contribution is 0.143. The molecular weight excluding hydrogens is 350 g/mol. The molecule has 0 saturated carbocycles. The van der Waals surface area contributed by atoms with Crippen LogP contribution in [0.15, 0.2) is 35.3 Å². The largest absolute Gasteiger partial charge is 0.379 e. The van der Waals surface area contributed by atoms with E-state index in [2.05, 4.69) is 38.7 Å². The monoisotopic (exact) mass is 375 g/mol. The van der Waals surface area contributed by atoms with Crippen LogP contribution in [0.25, 0.3) is 10.9 Å². The van der Waals surface area contributed by atoms with Crippen molar-refractivity contribution in [2.75, 3.05) is 13.2 Å². The first-order valence-electron chi connectivity index (χ1n) is 8.87. The molecule has 0 aliphatic carbocycles. The van der Waals surface area contributed by atoms with Gasteiger partial charge in [-0.1, -0.05) is 37.3 Å². The number of benzene rings is 1. The zero-order valence-corrected chi connectivity index (χ0v) is 17.2. The summed E-state index contributed by atoms with van der Waals surface area (Å²) in [5.74, 6) is 0. The first-order chi connectivity index (χ1) is 11.9. The maximum atomic E-state index is 6.14. The number of hydrogen-bond acceptors (Lipinski definition) is 3. The Morgan fingerprint density at radius 3 is 2.80 bits per heavy atom. The maximum absolute atomic E-state index is 6.14. The van der Waals surface area contributed by atoms with Crippen molar-refractivity contribution in [1.29, 1.82) is 0 Å². The molecule has 0 saturated heterocycles. The number of aryl methyl sites for hydroxylation is 1. The van der Waals surface area contributed by atoms with Gasteiger partial charge < -0.3 is 4.74 Å². The van der Waals surface area contributed by atoms with Gasteiger partial charge in [-0.15, -0.1) is 0 Å². The number of allylic oxidation sites excluding steroid dienone is 1. The molecule has 0 bridgehead atoms. The van der Waals surface area contributed by atoms with E-state index >= 15 is 0 Å². The molecule has 1 atom stereocenters. The van der Waals surface area contributed by atoms with Gasteiger partial charge in [0.15, 0.2) is 0 Å². The third-order valence-corrected chi connectivity index (χ3v) is 6.26. The molecule has 1 aliphatic rings. The predicted octanol–water partition coefficient (Wildman–Crippen LogP) is 4.79. The lowest BCUT2D eigenvalue weighted by Crippen LogP contribution is -2.22. The summed E-state index contributed by atoms with van der Waals surface area (Å²) in [4.78, 5) is 4.80. The Hall–Kier alpha value is -1.43. The van der Waals surface area contributed by atoms with Gasteiger partial charge in [0, 0.05) is 31.6 Å². The van der Waals surface area contributed by atoms with Crippen molar-refractivity contribution < 1.29 is 4.74 Å². The second-order valence-corrected chi connectivity index (χ2v) is 13.7. The highest BCUT2D eigenvalue weighted by atomic mass is 35.5. The third-order valence-electron chi connectivity index (χ3n) is 4.32. The number of rotatable bonds is 7. The topological polar surface area (TPSA) is 39.4 Å². The molecule has 25 heavy (non-hydrogen) atoms. The van der Waals surface area contributed by atoms with Crippen LogP contribution in [0.4, 0.5) is 0 Å². The molecule has 134 valence electrons. The minimum atomic E-state index is -1.04. The first kappa shape index (κ1) is 18.4. The lowest BCUT2D eigenvalue weighted by atomic mass is 10.1. The van der Waals surface area contributed by atoms with Crippen LogP contribution >= 0.6 is 11.6 Å². The van der Waals surface area contributed by atoms with E-state index < -0.39 is 8.07 Å². The van der Waals surface area contributed by atoms with Gasteiger partial charge in [-0.2, -0.15) is 5.10 Å². The molecule has 0 fully saturated rings. The maximum Gasteiger partial charge on any atom is 0.118 e. The van der Waals surface area contributed by atoms with E-state index in [0.717, 1.165) is 40.5 Å². The molecule has 0 amide bonds. The Kier molecular flexibility index (Phi) is 5.46. The molecule has 1 aromatic heterocycles. The molecule has 1 aromatic carbocycles. The molecule has 1 unspecified atom stereocenters. The van der Waals surface area contributed by atoms with Crippen LogP contribution < -0.4 is 0 Å². The number of nitrogens with zero attached hydrogens (tertiary/aromatic N) is 3. The van der Waals surface area contributed by atoms with Crippen LogP contribution in [0.5, 0.6) is 0 Å². The van der Waals surface area contributed by atoms with Crippen molar-refractivity contribution in [2.45, 2.75) is 45.2 Å². The van der Waals surface area contributed by atoms with Crippen molar-refractivity contribution >= 4 is 36.3 Å². The van der Waals surface area contributed by atoms with Gasteiger partial charge in [-0.25, -0.2) is 0 Å². The van der Waals surface area contributed by atoms with Crippen LogP contribution in [0.2, 0.25) is 30.7 Å². The van der Waals surface area contributed by atoms with Gasteiger partial charge in [0.1, 0.15) is 5.69 Å². The van der Waals surface area contributed by atoms with Crippen LogP contribution in [0, 0.1) is 0 Å². The Labute approximate surface area is 155 Å². The molecule has 0 N–H and O–H groups in total. The van der Waals surface area contributed by atoms with Crippen molar-refractivity contribution in [3.8, 4) is 0 Å². The average molecular weight is 376 g/mol. The molecule has 0 radical (unpaired) electrons. The van der Waals surface area contributed by atoms with Crippen LogP contribution in [-0.4, -0.2) is 42.8 Å². The van der Waals surface area contributed by atoms with Crippen LogP contribution in [0.1, 0.15) is 12.6 Å². The second kappa shape index (κ2) is 7.44. The highest BCUT2D eigenvalue weighted by Gasteiger charge is 2.19. The van der Waals surface area contributed by atoms with Gasteiger partial charge >= 0.3 is 0 Å². The summed E-state index contributed by atoms with van der Waals surface area (Å²) in [5, 5.41) is 6.56. The third kappa shape index (κ3) is 4.40. The summed E-state index contributed by atoms with van der Waals surface area (Å²) in [6, 6.07) is 7.18. The number of aromatic nitrogens is 2. The normalized spacial score (nSPS) is 17.5. The number of ether oxygens (including phenoxy) is 1. The summed E-state index contributed by atoms with van der Waals surface area (Å²) in [6.07, 6.45) is 4.17. The smallest absolute Gasteiger partial charge is 0.118 e. The minimum absolute atomic E-state index is 0.0887. The van der Waals surface area contributed by atoms with Crippen LogP contribution in [-0.2, 0) is 11.3 Å². The predicted molar refractivity (Wildman–Crippen MR) is 109 cm³/mol. The molecule has 0 spiro atoms.